The Balaban J connectivity index is 1.80. The van der Waals surface area contributed by atoms with E-state index in [2.05, 4.69) is 4.72 Å². The van der Waals surface area contributed by atoms with Gasteiger partial charge in [-0.2, -0.15) is 0 Å². The average molecular weight is 411 g/mol. The zero-order valence-corrected chi connectivity index (χ0v) is 16.8. The van der Waals surface area contributed by atoms with Crippen LogP contribution >= 0.6 is 0 Å². The highest BCUT2D eigenvalue weighted by Crippen LogP contribution is 2.27. The SMILES string of the molecule is COc1ccc(S(=O)(=O)Nc2ccc(N3CCCCS3(=O)=O)cc2)cc1C. The van der Waals surface area contributed by atoms with Crippen molar-refractivity contribution in [2.45, 2.75) is 24.7 Å². The molecule has 0 unspecified atom stereocenters. The van der Waals surface area contributed by atoms with Crippen molar-refractivity contribution >= 4 is 31.4 Å². The quantitative estimate of drug-likeness (QED) is 0.818. The summed E-state index contributed by atoms with van der Waals surface area (Å²) in [7, 11) is -5.53. The highest BCUT2D eigenvalue weighted by Gasteiger charge is 2.26. The van der Waals surface area contributed by atoms with Crippen LogP contribution in [0.5, 0.6) is 5.75 Å². The van der Waals surface area contributed by atoms with E-state index in [1.54, 1.807) is 37.3 Å². The summed E-state index contributed by atoms with van der Waals surface area (Å²) in [6.45, 7) is 2.21. The van der Waals surface area contributed by atoms with Crippen molar-refractivity contribution in [1.82, 2.24) is 0 Å². The Labute approximate surface area is 160 Å². The van der Waals surface area contributed by atoms with Crippen molar-refractivity contribution in [3.63, 3.8) is 0 Å². The van der Waals surface area contributed by atoms with Crippen LogP contribution < -0.4 is 13.8 Å². The molecule has 2 aromatic rings. The topological polar surface area (TPSA) is 92.8 Å². The van der Waals surface area contributed by atoms with Crippen molar-refractivity contribution in [2.24, 2.45) is 0 Å². The van der Waals surface area contributed by atoms with Crippen LogP contribution in [-0.4, -0.2) is 36.2 Å². The summed E-state index contributed by atoms with van der Waals surface area (Å²) in [4.78, 5) is 0.128. The van der Waals surface area contributed by atoms with Crippen LogP contribution in [-0.2, 0) is 20.0 Å². The maximum atomic E-state index is 12.6. The van der Waals surface area contributed by atoms with E-state index in [1.165, 1.54) is 23.5 Å². The van der Waals surface area contributed by atoms with Gasteiger partial charge in [0.25, 0.3) is 10.0 Å². The molecule has 2 aromatic carbocycles. The van der Waals surface area contributed by atoms with Gasteiger partial charge in [-0.25, -0.2) is 16.8 Å². The molecule has 7 nitrogen and oxygen atoms in total. The minimum atomic E-state index is -3.76. The first-order valence-corrected chi connectivity index (χ1v) is 11.6. The number of methoxy groups -OCH3 is 1. The van der Waals surface area contributed by atoms with Gasteiger partial charge in [-0.15, -0.1) is 0 Å². The molecule has 1 fully saturated rings. The predicted molar refractivity (Wildman–Crippen MR) is 105 cm³/mol. The maximum Gasteiger partial charge on any atom is 0.261 e. The van der Waals surface area contributed by atoms with Crippen molar-refractivity contribution in [1.29, 1.82) is 0 Å². The van der Waals surface area contributed by atoms with Crippen LogP contribution in [0, 0.1) is 6.92 Å². The summed E-state index contributed by atoms with van der Waals surface area (Å²) in [6.07, 6.45) is 1.47. The molecule has 1 heterocycles. The molecule has 9 heteroatoms. The number of benzene rings is 2. The summed E-state index contributed by atoms with van der Waals surface area (Å²) >= 11 is 0. The lowest BCUT2D eigenvalue weighted by atomic mass is 10.2. The molecule has 0 aliphatic carbocycles. The zero-order chi connectivity index (χ0) is 19.7. The molecule has 0 aromatic heterocycles. The maximum absolute atomic E-state index is 12.6. The Kier molecular flexibility index (Phi) is 5.34. The third kappa shape index (κ3) is 4.19. The molecule has 0 saturated carbocycles. The number of hydrogen-bond acceptors (Lipinski definition) is 5. The second kappa shape index (κ2) is 7.40. The number of hydrogen-bond donors (Lipinski definition) is 1. The number of ether oxygens (including phenoxy) is 1. The molecule has 27 heavy (non-hydrogen) atoms. The fraction of sp³-hybridized carbons (Fsp3) is 0.333. The summed E-state index contributed by atoms with van der Waals surface area (Å²) in [5, 5.41) is 0. The van der Waals surface area contributed by atoms with Crippen LogP contribution in [0.4, 0.5) is 11.4 Å². The molecule has 3 rings (SSSR count). The Hall–Kier alpha value is -2.26. The molecule has 1 aliphatic heterocycles. The number of nitrogens with one attached hydrogen (secondary N) is 1. The summed E-state index contributed by atoms with van der Waals surface area (Å²) in [5.41, 5.74) is 1.62. The van der Waals surface area contributed by atoms with E-state index in [0.29, 0.717) is 35.7 Å². The van der Waals surface area contributed by atoms with Gasteiger partial charge in [0.2, 0.25) is 10.0 Å². The lowest BCUT2D eigenvalue weighted by Gasteiger charge is -2.28. The first-order chi connectivity index (χ1) is 12.7. The van der Waals surface area contributed by atoms with Crippen molar-refractivity contribution in [2.75, 3.05) is 28.4 Å². The van der Waals surface area contributed by atoms with E-state index in [9.17, 15) is 16.8 Å². The standard InChI is InChI=1S/C18H22N2O5S2/c1-14-13-17(9-10-18(14)25-2)27(23,24)19-15-5-7-16(8-6-15)20-11-3-4-12-26(20,21)22/h5-10,13,19H,3-4,11-12H2,1-2H3. The van der Waals surface area contributed by atoms with Gasteiger partial charge in [0.15, 0.2) is 0 Å². The van der Waals surface area contributed by atoms with E-state index in [1.807, 2.05) is 0 Å². The Morgan fingerprint density at radius 2 is 1.78 bits per heavy atom. The third-order valence-electron chi connectivity index (χ3n) is 4.43. The van der Waals surface area contributed by atoms with E-state index in [4.69, 9.17) is 4.74 Å². The van der Waals surface area contributed by atoms with Gasteiger partial charge in [0.1, 0.15) is 5.75 Å². The summed E-state index contributed by atoms with van der Waals surface area (Å²) in [5.74, 6) is 0.749. The van der Waals surface area contributed by atoms with Gasteiger partial charge in [0, 0.05) is 12.2 Å². The molecule has 1 aliphatic rings. The van der Waals surface area contributed by atoms with Crippen LogP contribution in [0.15, 0.2) is 47.4 Å². The second-order valence-corrected chi connectivity index (χ2v) is 10.1. The smallest absolute Gasteiger partial charge is 0.261 e. The monoisotopic (exact) mass is 410 g/mol. The highest BCUT2D eigenvalue weighted by atomic mass is 32.2. The lowest BCUT2D eigenvalue weighted by Crippen LogP contribution is -2.37. The van der Waals surface area contributed by atoms with E-state index in [-0.39, 0.29) is 10.6 Å². The van der Waals surface area contributed by atoms with Gasteiger partial charge in [-0.3, -0.25) is 9.03 Å². The van der Waals surface area contributed by atoms with Crippen LogP contribution in [0.2, 0.25) is 0 Å². The van der Waals surface area contributed by atoms with Crippen LogP contribution in [0.25, 0.3) is 0 Å². The number of sulfonamides is 2. The number of nitrogens with zero attached hydrogens (tertiary/aromatic N) is 1. The number of rotatable bonds is 5. The van der Waals surface area contributed by atoms with Gasteiger partial charge < -0.3 is 4.74 Å². The van der Waals surface area contributed by atoms with Crippen molar-refractivity contribution < 1.29 is 21.6 Å². The molecule has 0 amide bonds. The number of aryl methyl sites for hydroxylation is 1. The van der Waals surface area contributed by atoms with Gasteiger partial charge in [-0.05, 0) is 67.8 Å². The van der Waals surface area contributed by atoms with Crippen LogP contribution in [0.1, 0.15) is 18.4 Å². The molecule has 146 valence electrons. The predicted octanol–water partition coefficient (Wildman–Crippen LogP) is 2.73. The lowest BCUT2D eigenvalue weighted by molar-refractivity contribution is 0.411. The Morgan fingerprint density at radius 3 is 2.37 bits per heavy atom. The minimum Gasteiger partial charge on any atom is -0.496 e. The van der Waals surface area contributed by atoms with E-state index in [0.717, 1.165) is 6.42 Å². The molecular formula is C18H22N2O5S2. The summed E-state index contributed by atoms with van der Waals surface area (Å²) in [6, 6.07) is 11.0. The largest absolute Gasteiger partial charge is 0.496 e. The molecule has 1 N–H and O–H groups in total. The molecule has 0 atom stereocenters. The van der Waals surface area contributed by atoms with Gasteiger partial charge in [-0.1, -0.05) is 0 Å². The fourth-order valence-electron chi connectivity index (χ4n) is 3.01. The average Bonchev–Trinajstić information content (AvgIpc) is 2.62. The second-order valence-electron chi connectivity index (χ2n) is 6.38. The van der Waals surface area contributed by atoms with Crippen molar-refractivity contribution in [3.8, 4) is 5.75 Å². The molecule has 1 saturated heterocycles. The van der Waals surface area contributed by atoms with Gasteiger partial charge in [0.05, 0.1) is 23.4 Å². The van der Waals surface area contributed by atoms with E-state index < -0.39 is 20.0 Å². The zero-order valence-electron chi connectivity index (χ0n) is 15.2. The van der Waals surface area contributed by atoms with Gasteiger partial charge >= 0.3 is 0 Å². The fourth-order valence-corrected chi connectivity index (χ4v) is 5.79. The molecule has 0 spiro atoms. The first-order valence-electron chi connectivity index (χ1n) is 8.51. The molecule has 0 bridgehead atoms. The number of anilines is 2. The Morgan fingerprint density at radius 1 is 1.07 bits per heavy atom. The van der Waals surface area contributed by atoms with E-state index >= 15 is 0 Å². The summed E-state index contributed by atoms with van der Waals surface area (Å²) < 4.78 is 58.5. The van der Waals surface area contributed by atoms with Crippen LogP contribution in [0.3, 0.4) is 0 Å². The molecule has 0 radical (unpaired) electrons. The highest BCUT2D eigenvalue weighted by molar-refractivity contribution is 7.93. The first kappa shape index (κ1) is 19.5. The minimum absolute atomic E-state index is 0.128. The Bertz CT molecular complexity index is 1030. The van der Waals surface area contributed by atoms with Crippen molar-refractivity contribution in [3.05, 3.63) is 48.0 Å². The molecular weight excluding hydrogens is 388 g/mol. The normalized spacial score (nSPS) is 16.7. The third-order valence-corrected chi connectivity index (χ3v) is 7.68.